The fourth-order valence-corrected chi connectivity index (χ4v) is 2.87. The minimum absolute atomic E-state index is 0.0992. The Balaban J connectivity index is 1.94. The van der Waals surface area contributed by atoms with Crippen molar-refractivity contribution in [2.24, 2.45) is 0 Å². The molecule has 0 unspecified atom stereocenters. The van der Waals surface area contributed by atoms with Gasteiger partial charge in [0.1, 0.15) is 5.56 Å². The summed E-state index contributed by atoms with van der Waals surface area (Å²) in [7, 11) is 0. The van der Waals surface area contributed by atoms with Crippen LogP contribution in [-0.2, 0) is 0 Å². The molecule has 0 fully saturated rings. The van der Waals surface area contributed by atoms with Crippen LogP contribution in [0.2, 0.25) is 5.02 Å². The van der Waals surface area contributed by atoms with Gasteiger partial charge in [-0.1, -0.05) is 54.1 Å². The lowest BCUT2D eigenvalue weighted by molar-refractivity contribution is 0.0698. The summed E-state index contributed by atoms with van der Waals surface area (Å²) in [4.78, 5) is 16.1. The van der Waals surface area contributed by atoms with E-state index in [2.05, 4.69) is 10.1 Å². The van der Waals surface area contributed by atoms with Gasteiger partial charge in [-0.25, -0.2) is 14.3 Å². The Hall–Kier alpha value is -3.18. The predicted molar refractivity (Wildman–Crippen MR) is 95.8 cm³/mol. The number of carbonyl (C=O) groups is 1. The van der Waals surface area contributed by atoms with Crippen molar-refractivity contribution in [2.75, 3.05) is 0 Å². The van der Waals surface area contributed by atoms with Crippen LogP contribution in [0.15, 0.2) is 66.9 Å². The van der Waals surface area contributed by atoms with E-state index in [9.17, 15) is 9.90 Å². The van der Waals surface area contributed by atoms with Crippen molar-refractivity contribution in [3.8, 4) is 22.5 Å². The summed E-state index contributed by atoms with van der Waals surface area (Å²) < 4.78 is 1.50. The van der Waals surface area contributed by atoms with Crippen LogP contribution in [0.5, 0.6) is 0 Å². The molecule has 1 N–H and O–H groups in total. The largest absolute Gasteiger partial charge is 0.478 e. The fourth-order valence-electron chi connectivity index (χ4n) is 2.68. The monoisotopic (exact) mass is 349 g/mol. The molecule has 0 saturated carbocycles. The number of pyridine rings is 1. The predicted octanol–water partition coefficient (Wildman–Crippen LogP) is 4.41. The molecule has 122 valence electrons. The third-order valence-electron chi connectivity index (χ3n) is 3.85. The van der Waals surface area contributed by atoms with Crippen molar-refractivity contribution < 1.29 is 9.90 Å². The van der Waals surface area contributed by atoms with Crippen molar-refractivity contribution in [1.82, 2.24) is 14.6 Å². The number of carboxylic acid groups (broad SMARTS) is 1. The first kappa shape index (κ1) is 15.4. The fraction of sp³-hybridized carbons (Fsp3) is 0. The van der Waals surface area contributed by atoms with E-state index in [-0.39, 0.29) is 5.56 Å². The standard InChI is InChI=1S/C19H12ClN3O2/c20-15-8-4-7-13(9-15)17-21-18-16(19(24)25)10-14(11-23(18)22-17)12-5-2-1-3-6-12/h1-11H,(H,24,25). The van der Waals surface area contributed by atoms with Crippen molar-refractivity contribution in [1.29, 1.82) is 0 Å². The van der Waals surface area contributed by atoms with Gasteiger partial charge < -0.3 is 5.11 Å². The van der Waals surface area contributed by atoms with E-state index in [0.717, 1.165) is 16.7 Å². The van der Waals surface area contributed by atoms with E-state index in [1.807, 2.05) is 36.4 Å². The van der Waals surface area contributed by atoms with Crippen LogP contribution in [0.1, 0.15) is 10.4 Å². The number of fused-ring (bicyclic) bond motifs is 1. The molecule has 0 amide bonds. The Labute approximate surface area is 148 Å². The Morgan fingerprint density at radius 3 is 2.44 bits per heavy atom. The first-order chi connectivity index (χ1) is 12.1. The highest BCUT2D eigenvalue weighted by atomic mass is 35.5. The van der Waals surface area contributed by atoms with Crippen molar-refractivity contribution in [2.45, 2.75) is 0 Å². The minimum atomic E-state index is -1.05. The van der Waals surface area contributed by atoms with Crippen LogP contribution in [-0.4, -0.2) is 25.7 Å². The van der Waals surface area contributed by atoms with Crippen LogP contribution in [0.25, 0.3) is 28.2 Å². The summed E-state index contributed by atoms with van der Waals surface area (Å²) >= 11 is 6.02. The van der Waals surface area contributed by atoms with Crippen LogP contribution in [0.3, 0.4) is 0 Å². The van der Waals surface area contributed by atoms with E-state index >= 15 is 0 Å². The molecule has 0 aliphatic rings. The molecule has 0 aliphatic heterocycles. The van der Waals surface area contributed by atoms with E-state index in [1.165, 1.54) is 4.52 Å². The molecule has 0 aliphatic carbocycles. The van der Waals surface area contributed by atoms with Gasteiger partial charge >= 0.3 is 5.97 Å². The zero-order valence-corrected chi connectivity index (χ0v) is 13.7. The molecule has 2 aromatic heterocycles. The van der Waals surface area contributed by atoms with E-state index in [4.69, 9.17) is 11.6 Å². The molecule has 0 saturated heterocycles. The number of hydrogen-bond donors (Lipinski definition) is 1. The number of benzene rings is 2. The van der Waals surface area contributed by atoms with Gasteiger partial charge in [-0.3, -0.25) is 0 Å². The van der Waals surface area contributed by atoms with E-state index in [1.54, 1.807) is 30.5 Å². The van der Waals surface area contributed by atoms with Gasteiger partial charge in [-0.05, 0) is 23.8 Å². The van der Waals surface area contributed by atoms with Crippen LogP contribution in [0.4, 0.5) is 0 Å². The molecule has 4 aromatic rings. The SMILES string of the molecule is O=C(O)c1cc(-c2ccccc2)cn2nc(-c3cccc(Cl)c3)nc12. The highest BCUT2D eigenvalue weighted by Crippen LogP contribution is 2.25. The minimum Gasteiger partial charge on any atom is -0.478 e. The van der Waals surface area contributed by atoms with Gasteiger partial charge in [0, 0.05) is 22.3 Å². The molecule has 0 spiro atoms. The molecule has 25 heavy (non-hydrogen) atoms. The van der Waals surface area contributed by atoms with Crippen LogP contribution >= 0.6 is 11.6 Å². The summed E-state index contributed by atoms with van der Waals surface area (Å²) in [5.41, 5.74) is 2.79. The Morgan fingerprint density at radius 1 is 0.960 bits per heavy atom. The van der Waals surface area contributed by atoms with Crippen molar-refractivity contribution >= 4 is 23.2 Å². The number of rotatable bonds is 3. The smallest absolute Gasteiger partial charge is 0.339 e. The van der Waals surface area contributed by atoms with Crippen molar-refractivity contribution in [3.05, 3.63) is 77.4 Å². The van der Waals surface area contributed by atoms with E-state index in [0.29, 0.717) is 16.5 Å². The number of aromatic nitrogens is 3. The highest BCUT2D eigenvalue weighted by Gasteiger charge is 2.17. The normalized spacial score (nSPS) is 10.9. The third kappa shape index (κ3) is 2.86. The number of hydrogen-bond acceptors (Lipinski definition) is 3. The van der Waals surface area contributed by atoms with Crippen molar-refractivity contribution in [3.63, 3.8) is 0 Å². The van der Waals surface area contributed by atoms with E-state index < -0.39 is 5.97 Å². The maximum absolute atomic E-state index is 11.7. The van der Waals surface area contributed by atoms with Gasteiger partial charge in [0.15, 0.2) is 11.5 Å². The van der Waals surface area contributed by atoms with Gasteiger partial charge in [0.05, 0.1) is 0 Å². The lowest BCUT2D eigenvalue weighted by Gasteiger charge is -2.04. The number of nitrogens with zero attached hydrogens (tertiary/aromatic N) is 3. The maximum atomic E-state index is 11.7. The Bertz CT molecular complexity index is 1090. The second-order valence-corrected chi connectivity index (χ2v) is 5.96. The average molecular weight is 350 g/mol. The van der Waals surface area contributed by atoms with Gasteiger partial charge in [0.25, 0.3) is 0 Å². The van der Waals surface area contributed by atoms with Gasteiger partial charge in [-0.2, -0.15) is 0 Å². The molecule has 5 nitrogen and oxygen atoms in total. The average Bonchev–Trinajstić information content (AvgIpc) is 3.05. The number of halogens is 1. The quantitative estimate of drug-likeness (QED) is 0.594. The Kier molecular flexibility index (Phi) is 3.71. The van der Waals surface area contributed by atoms with Gasteiger partial charge in [0.2, 0.25) is 0 Å². The first-order valence-corrected chi connectivity index (χ1v) is 7.95. The number of carboxylic acids is 1. The molecule has 0 radical (unpaired) electrons. The zero-order chi connectivity index (χ0) is 17.4. The lowest BCUT2D eigenvalue weighted by Crippen LogP contribution is -2.02. The second kappa shape index (κ2) is 6.03. The molecule has 4 rings (SSSR count). The second-order valence-electron chi connectivity index (χ2n) is 5.53. The molecule has 0 bridgehead atoms. The highest BCUT2D eigenvalue weighted by molar-refractivity contribution is 6.30. The Morgan fingerprint density at radius 2 is 1.72 bits per heavy atom. The molecule has 2 heterocycles. The first-order valence-electron chi connectivity index (χ1n) is 7.57. The molecule has 2 aromatic carbocycles. The summed E-state index contributed by atoms with van der Waals surface area (Å²) in [5, 5.41) is 14.6. The summed E-state index contributed by atoms with van der Waals surface area (Å²) in [6, 6.07) is 18.3. The lowest BCUT2D eigenvalue weighted by atomic mass is 10.1. The summed E-state index contributed by atoms with van der Waals surface area (Å²) in [6.45, 7) is 0. The van der Waals surface area contributed by atoms with Crippen LogP contribution in [0, 0.1) is 0 Å². The number of aromatic carboxylic acids is 1. The summed E-state index contributed by atoms with van der Waals surface area (Å²) in [5.74, 6) is -0.622. The molecular formula is C19H12ClN3O2. The zero-order valence-electron chi connectivity index (χ0n) is 12.9. The molecule has 6 heteroatoms. The topological polar surface area (TPSA) is 67.5 Å². The van der Waals surface area contributed by atoms with Crippen LogP contribution < -0.4 is 0 Å². The van der Waals surface area contributed by atoms with Gasteiger partial charge in [-0.15, -0.1) is 5.10 Å². The molecular weight excluding hydrogens is 338 g/mol. The third-order valence-corrected chi connectivity index (χ3v) is 4.09. The maximum Gasteiger partial charge on any atom is 0.339 e. The summed E-state index contributed by atoms with van der Waals surface area (Å²) in [6.07, 6.45) is 1.78. The molecule has 0 atom stereocenters.